The van der Waals surface area contributed by atoms with Crippen molar-refractivity contribution in [2.24, 2.45) is 5.92 Å². The van der Waals surface area contributed by atoms with Gasteiger partial charge in [-0.3, -0.25) is 4.79 Å². The highest BCUT2D eigenvalue weighted by Gasteiger charge is 2.45. The Morgan fingerprint density at radius 3 is 2.70 bits per heavy atom. The monoisotopic (exact) mass is 336 g/mol. The molecule has 0 bridgehead atoms. The molecule has 0 spiro atoms. The number of amides is 1. The molecule has 2 saturated heterocycles. The number of likely N-dealkylation sites (tertiary alicyclic amines) is 1. The van der Waals surface area contributed by atoms with Gasteiger partial charge in [-0.1, -0.05) is 23.7 Å². The summed E-state index contributed by atoms with van der Waals surface area (Å²) in [6, 6.07) is 7.78. The molecule has 5 heteroatoms. The highest BCUT2D eigenvalue weighted by atomic mass is 35.5. The predicted octanol–water partition coefficient (Wildman–Crippen LogP) is 2.46. The van der Waals surface area contributed by atoms with Crippen molar-refractivity contribution in [2.75, 3.05) is 39.9 Å². The fraction of sp³-hybridized carbons (Fsp3) is 0.611. The minimum absolute atomic E-state index is 0.265. The first-order chi connectivity index (χ1) is 11.2. The molecule has 2 aliphatic rings. The highest BCUT2D eigenvalue weighted by molar-refractivity contribution is 6.30. The van der Waals surface area contributed by atoms with Gasteiger partial charge in [-0.05, 0) is 56.5 Å². The standard InChI is InChI=1S/C18H25ClN2O2/c1-20-12-14-6-9-21(13-14)17(22)18(7-10-23-11-8-18)15-2-4-16(19)5-3-15/h2-5,14,20H,6-13H2,1H3/t14-/m0/s1. The minimum atomic E-state index is -0.447. The Balaban J connectivity index is 1.84. The molecule has 0 radical (unpaired) electrons. The van der Waals surface area contributed by atoms with Crippen molar-refractivity contribution in [1.82, 2.24) is 10.2 Å². The summed E-state index contributed by atoms with van der Waals surface area (Å²) in [5, 5.41) is 3.93. The third-order valence-corrected chi connectivity index (χ3v) is 5.47. The van der Waals surface area contributed by atoms with Crippen LogP contribution in [0.2, 0.25) is 5.02 Å². The number of ether oxygens (including phenoxy) is 1. The van der Waals surface area contributed by atoms with Crippen LogP contribution in [0.3, 0.4) is 0 Å². The van der Waals surface area contributed by atoms with Crippen LogP contribution in [0.5, 0.6) is 0 Å². The molecule has 1 atom stereocenters. The van der Waals surface area contributed by atoms with Crippen molar-refractivity contribution >= 4 is 17.5 Å². The molecule has 1 aromatic carbocycles. The zero-order valence-corrected chi connectivity index (χ0v) is 14.4. The molecule has 0 aliphatic carbocycles. The summed E-state index contributed by atoms with van der Waals surface area (Å²) in [6.45, 7) is 3.97. The van der Waals surface area contributed by atoms with E-state index in [-0.39, 0.29) is 5.91 Å². The molecular weight excluding hydrogens is 312 g/mol. The second-order valence-corrected chi connectivity index (χ2v) is 7.10. The second-order valence-electron chi connectivity index (χ2n) is 6.66. The Morgan fingerprint density at radius 1 is 1.35 bits per heavy atom. The Labute approximate surface area is 143 Å². The first-order valence-electron chi connectivity index (χ1n) is 8.43. The lowest BCUT2D eigenvalue weighted by molar-refractivity contribution is -0.140. The Bertz CT molecular complexity index is 540. The van der Waals surface area contributed by atoms with Gasteiger partial charge in [-0.15, -0.1) is 0 Å². The first-order valence-corrected chi connectivity index (χ1v) is 8.81. The normalized spacial score (nSPS) is 23.9. The number of carbonyl (C=O) groups excluding carboxylic acids is 1. The molecule has 1 aromatic rings. The number of carbonyl (C=O) groups is 1. The summed E-state index contributed by atoms with van der Waals surface area (Å²) in [5.41, 5.74) is 0.629. The molecule has 1 N–H and O–H groups in total. The molecule has 2 fully saturated rings. The Hall–Kier alpha value is -1.10. The SMILES string of the molecule is CNC[C@@H]1CCN(C(=O)C2(c3ccc(Cl)cc3)CCOCC2)C1. The van der Waals surface area contributed by atoms with E-state index in [4.69, 9.17) is 16.3 Å². The molecule has 0 unspecified atom stereocenters. The molecule has 126 valence electrons. The van der Waals surface area contributed by atoms with Crippen molar-refractivity contribution in [3.63, 3.8) is 0 Å². The van der Waals surface area contributed by atoms with Crippen molar-refractivity contribution in [3.05, 3.63) is 34.9 Å². The summed E-state index contributed by atoms with van der Waals surface area (Å²) in [4.78, 5) is 15.4. The van der Waals surface area contributed by atoms with Gasteiger partial charge in [0.25, 0.3) is 0 Å². The zero-order valence-electron chi connectivity index (χ0n) is 13.7. The summed E-state index contributed by atoms with van der Waals surface area (Å²) in [6.07, 6.45) is 2.58. The van der Waals surface area contributed by atoms with Crippen molar-refractivity contribution in [1.29, 1.82) is 0 Å². The molecule has 0 saturated carbocycles. The zero-order chi connectivity index (χ0) is 16.3. The van der Waals surface area contributed by atoms with Gasteiger partial charge in [0, 0.05) is 31.3 Å². The number of nitrogens with zero attached hydrogens (tertiary/aromatic N) is 1. The fourth-order valence-electron chi connectivity index (χ4n) is 3.89. The number of halogens is 1. The van der Waals surface area contributed by atoms with Crippen LogP contribution in [0.25, 0.3) is 0 Å². The molecule has 3 rings (SSSR count). The molecule has 2 aliphatic heterocycles. The summed E-state index contributed by atoms with van der Waals surface area (Å²) < 4.78 is 5.54. The lowest BCUT2D eigenvalue weighted by atomic mass is 9.73. The summed E-state index contributed by atoms with van der Waals surface area (Å²) in [7, 11) is 1.97. The second kappa shape index (κ2) is 7.20. The van der Waals surface area contributed by atoms with Gasteiger partial charge in [0.05, 0.1) is 5.41 Å². The van der Waals surface area contributed by atoms with Gasteiger partial charge in [0.15, 0.2) is 0 Å². The molecule has 4 nitrogen and oxygen atoms in total. The number of hydrogen-bond donors (Lipinski definition) is 1. The highest BCUT2D eigenvalue weighted by Crippen LogP contribution is 2.38. The van der Waals surface area contributed by atoms with Gasteiger partial charge in [0.1, 0.15) is 0 Å². The van der Waals surface area contributed by atoms with Crippen LogP contribution < -0.4 is 5.32 Å². The Morgan fingerprint density at radius 2 is 2.04 bits per heavy atom. The van der Waals surface area contributed by atoms with Gasteiger partial charge in [0.2, 0.25) is 5.91 Å². The first kappa shape index (κ1) is 16.7. The minimum Gasteiger partial charge on any atom is -0.381 e. The Kier molecular flexibility index (Phi) is 5.24. The molecule has 23 heavy (non-hydrogen) atoms. The quantitative estimate of drug-likeness (QED) is 0.918. The van der Waals surface area contributed by atoms with Crippen LogP contribution in [0.1, 0.15) is 24.8 Å². The molecular formula is C18H25ClN2O2. The predicted molar refractivity (Wildman–Crippen MR) is 91.8 cm³/mol. The van der Waals surface area contributed by atoms with Crippen molar-refractivity contribution in [2.45, 2.75) is 24.7 Å². The maximum Gasteiger partial charge on any atom is 0.233 e. The van der Waals surface area contributed by atoms with Crippen molar-refractivity contribution in [3.8, 4) is 0 Å². The van der Waals surface area contributed by atoms with Crippen LogP contribution >= 0.6 is 11.6 Å². The third-order valence-electron chi connectivity index (χ3n) is 5.22. The van der Waals surface area contributed by atoms with E-state index < -0.39 is 5.41 Å². The van der Waals surface area contributed by atoms with Gasteiger partial charge >= 0.3 is 0 Å². The lowest BCUT2D eigenvalue weighted by Crippen LogP contribution is -2.49. The maximum atomic E-state index is 13.4. The molecule has 2 heterocycles. The van der Waals surface area contributed by atoms with Crippen LogP contribution in [0.15, 0.2) is 24.3 Å². The lowest BCUT2D eigenvalue weighted by Gasteiger charge is -2.39. The van der Waals surface area contributed by atoms with Crippen LogP contribution in [0.4, 0.5) is 0 Å². The molecule has 1 amide bonds. The van der Waals surface area contributed by atoms with Crippen LogP contribution in [0, 0.1) is 5.92 Å². The largest absolute Gasteiger partial charge is 0.381 e. The number of benzene rings is 1. The van der Waals surface area contributed by atoms with Crippen LogP contribution in [-0.4, -0.2) is 50.7 Å². The van der Waals surface area contributed by atoms with Gasteiger partial charge < -0.3 is 15.0 Å². The third kappa shape index (κ3) is 3.39. The number of rotatable bonds is 4. The van der Waals surface area contributed by atoms with E-state index in [2.05, 4.69) is 10.2 Å². The van der Waals surface area contributed by atoms with Gasteiger partial charge in [-0.25, -0.2) is 0 Å². The van der Waals surface area contributed by atoms with Crippen molar-refractivity contribution < 1.29 is 9.53 Å². The maximum absolute atomic E-state index is 13.4. The average Bonchev–Trinajstić information content (AvgIpc) is 3.04. The van der Waals surface area contributed by atoms with E-state index >= 15 is 0 Å². The number of hydrogen-bond acceptors (Lipinski definition) is 3. The van der Waals surface area contributed by atoms with E-state index in [1.54, 1.807) is 0 Å². The van der Waals surface area contributed by atoms with E-state index in [1.807, 2.05) is 31.3 Å². The van der Waals surface area contributed by atoms with E-state index in [1.165, 1.54) is 0 Å². The summed E-state index contributed by atoms with van der Waals surface area (Å²) >= 11 is 6.03. The van der Waals surface area contributed by atoms with E-state index in [0.29, 0.717) is 24.2 Å². The topological polar surface area (TPSA) is 41.6 Å². The van der Waals surface area contributed by atoms with E-state index in [9.17, 15) is 4.79 Å². The van der Waals surface area contributed by atoms with Gasteiger partial charge in [-0.2, -0.15) is 0 Å². The molecule has 0 aromatic heterocycles. The van der Waals surface area contributed by atoms with E-state index in [0.717, 1.165) is 44.5 Å². The number of nitrogens with one attached hydrogen (secondary N) is 1. The summed E-state index contributed by atoms with van der Waals surface area (Å²) in [5.74, 6) is 0.827. The fourth-order valence-corrected chi connectivity index (χ4v) is 4.02. The van der Waals surface area contributed by atoms with Crippen LogP contribution in [-0.2, 0) is 14.9 Å². The average molecular weight is 337 g/mol. The smallest absolute Gasteiger partial charge is 0.233 e.